The van der Waals surface area contributed by atoms with Crippen LogP contribution in [0.15, 0.2) is 85.2 Å². The quantitative estimate of drug-likeness (QED) is 0.180. The summed E-state index contributed by atoms with van der Waals surface area (Å²) in [5.74, 6) is 1.32. The Labute approximate surface area is 267 Å². The molecule has 1 fully saturated rings. The lowest BCUT2D eigenvalue weighted by atomic mass is 10.0. The lowest BCUT2D eigenvalue weighted by Gasteiger charge is -2.29. The highest BCUT2D eigenvalue weighted by Gasteiger charge is 2.23. The molecule has 232 valence electrons. The van der Waals surface area contributed by atoms with Gasteiger partial charge < -0.3 is 20.1 Å². The summed E-state index contributed by atoms with van der Waals surface area (Å²) < 4.78 is 38.5. The van der Waals surface area contributed by atoms with Crippen LogP contribution in [0.1, 0.15) is 23.1 Å². The molecular weight excluding hydrogens is 610 g/mol. The predicted molar refractivity (Wildman–Crippen MR) is 177 cm³/mol. The maximum Gasteiger partial charge on any atom is 0.228 e. The van der Waals surface area contributed by atoms with Crippen molar-refractivity contribution in [3.8, 4) is 22.9 Å². The van der Waals surface area contributed by atoms with Gasteiger partial charge in [-0.15, -0.1) is 0 Å². The number of benzene rings is 3. The summed E-state index contributed by atoms with van der Waals surface area (Å²) in [4.78, 5) is 13.8. The average molecular weight is 644 g/mol. The number of halogens is 1. The van der Waals surface area contributed by atoms with Crippen LogP contribution < -0.4 is 15.4 Å². The molecule has 1 aliphatic heterocycles. The van der Waals surface area contributed by atoms with Gasteiger partial charge in [0.1, 0.15) is 5.75 Å². The predicted octanol–water partition coefficient (Wildman–Crippen LogP) is 6.35. The second-order valence-corrected chi connectivity index (χ2v) is 13.7. The molecule has 0 radical (unpaired) electrons. The molecule has 0 amide bonds. The van der Waals surface area contributed by atoms with Crippen molar-refractivity contribution in [2.24, 2.45) is 0 Å². The number of pyridine rings is 1. The van der Waals surface area contributed by atoms with Crippen LogP contribution in [-0.4, -0.2) is 55.7 Å². The van der Waals surface area contributed by atoms with E-state index in [1.807, 2.05) is 55.5 Å². The Balaban J connectivity index is 1.28. The number of methoxy groups -OCH3 is 1. The summed E-state index contributed by atoms with van der Waals surface area (Å²) in [6.07, 6.45) is 4.37. The molecule has 2 N–H and O–H groups in total. The highest BCUT2D eigenvalue weighted by molar-refractivity contribution is 7.89. The normalized spacial score (nSPS) is 16.9. The van der Waals surface area contributed by atoms with E-state index in [0.717, 1.165) is 35.8 Å². The van der Waals surface area contributed by atoms with Gasteiger partial charge in [0.2, 0.25) is 11.8 Å². The summed E-state index contributed by atoms with van der Waals surface area (Å²) >= 11 is 5.98. The van der Waals surface area contributed by atoms with Crippen molar-refractivity contribution in [1.29, 1.82) is 0 Å². The maximum absolute atomic E-state index is 13.2. The highest BCUT2D eigenvalue weighted by Crippen LogP contribution is 2.38. The van der Waals surface area contributed by atoms with E-state index in [9.17, 15) is 8.42 Å². The zero-order valence-corrected chi connectivity index (χ0v) is 26.6. The summed E-state index contributed by atoms with van der Waals surface area (Å²) in [5, 5.41) is 8.97. The SMILES string of the molecule is CO[C@H]1CNC[C@@H](Nc2nccc(-c3cccnc3Oc3c(C)ccc4c(CS(=O)(=O)Cc5ccc(Cl)cc5)cccc34)n2)C1. The second-order valence-electron chi connectivity index (χ2n) is 11.2. The number of hydrogen-bond donors (Lipinski definition) is 2. The van der Waals surface area contributed by atoms with Crippen LogP contribution in [0.4, 0.5) is 5.95 Å². The summed E-state index contributed by atoms with van der Waals surface area (Å²) in [6, 6.07) is 22.1. The molecule has 11 heteroatoms. The number of piperidine rings is 1. The van der Waals surface area contributed by atoms with Crippen LogP contribution >= 0.6 is 11.6 Å². The molecular formula is C34H34ClN5O4S. The number of ether oxygens (including phenoxy) is 2. The van der Waals surface area contributed by atoms with Gasteiger partial charge in [0.05, 0.1) is 28.9 Å². The van der Waals surface area contributed by atoms with Gasteiger partial charge in [-0.2, -0.15) is 0 Å². The van der Waals surface area contributed by atoms with E-state index in [1.54, 1.807) is 43.8 Å². The molecule has 0 aliphatic carbocycles. The minimum atomic E-state index is -3.46. The first kappa shape index (κ1) is 30.9. The molecule has 2 aromatic heterocycles. The highest BCUT2D eigenvalue weighted by atomic mass is 35.5. The Hall–Kier alpha value is -4.09. The summed E-state index contributed by atoms with van der Waals surface area (Å²) in [5.41, 5.74) is 3.65. The van der Waals surface area contributed by atoms with Crippen LogP contribution in [-0.2, 0) is 26.1 Å². The standard InChI is InChI=1S/C34H34ClN5O4S/c1-22-8-13-28-24(21-45(41,42)20-23-9-11-25(35)12-10-23)5-3-6-29(28)32(22)44-33-30(7-4-15-37-33)31-14-16-38-34(40-31)39-26-17-27(43-2)19-36-18-26/h3-16,26-27,36H,17-21H2,1-2H3,(H,38,39,40)/t26-,27+/m0/s1. The molecule has 2 atom stereocenters. The van der Waals surface area contributed by atoms with E-state index in [4.69, 9.17) is 26.1 Å². The van der Waals surface area contributed by atoms with Crippen molar-refractivity contribution in [2.75, 3.05) is 25.5 Å². The molecule has 6 rings (SSSR count). The first-order chi connectivity index (χ1) is 21.8. The summed E-state index contributed by atoms with van der Waals surface area (Å²) in [7, 11) is -1.74. The Morgan fingerprint density at radius 3 is 2.60 bits per heavy atom. The Kier molecular flexibility index (Phi) is 9.27. The number of aryl methyl sites for hydroxylation is 1. The first-order valence-corrected chi connectivity index (χ1v) is 16.9. The van der Waals surface area contributed by atoms with E-state index in [-0.39, 0.29) is 23.7 Å². The van der Waals surface area contributed by atoms with Gasteiger partial charge in [-0.3, -0.25) is 0 Å². The molecule has 1 aliphatic rings. The maximum atomic E-state index is 13.2. The molecule has 0 saturated carbocycles. The first-order valence-electron chi connectivity index (χ1n) is 14.7. The Morgan fingerprint density at radius 1 is 0.933 bits per heavy atom. The third-order valence-electron chi connectivity index (χ3n) is 7.85. The van der Waals surface area contributed by atoms with E-state index in [0.29, 0.717) is 45.0 Å². The molecule has 5 aromatic rings. The van der Waals surface area contributed by atoms with E-state index in [2.05, 4.69) is 20.6 Å². The fourth-order valence-corrected chi connectivity index (χ4v) is 7.26. The number of sulfone groups is 1. The largest absolute Gasteiger partial charge is 0.437 e. The van der Waals surface area contributed by atoms with Gasteiger partial charge in [0.15, 0.2) is 9.84 Å². The number of anilines is 1. The monoisotopic (exact) mass is 643 g/mol. The molecule has 0 spiro atoms. The minimum absolute atomic E-state index is 0.0763. The second kappa shape index (κ2) is 13.5. The third-order valence-corrected chi connectivity index (χ3v) is 9.63. The van der Waals surface area contributed by atoms with Gasteiger partial charge in [-0.05, 0) is 65.8 Å². The van der Waals surface area contributed by atoms with Crippen LogP contribution in [0.3, 0.4) is 0 Å². The van der Waals surface area contributed by atoms with Gasteiger partial charge >= 0.3 is 0 Å². The number of hydrogen-bond acceptors (Lipinski definition) is 9. The van der Waals surface area contributed by atoms with Crippen molar-refractivity contribution in [1.82, 2.24) is 20.3 Å². The van der Waals surface area contributed by atoms with Crippen LogP contribution in [0.5, 0.6) is 11.6 Å². The van der Waals surface area contributed by atoms with Crippen molar-refractivity contribution >= 4 is 38.2 Å². The fraction of sp³-hybridized carbons (Fsp3) is 0.265. The average Bonchev–Trinajstić information content (AvgIpc) is 3.04. The zero-order valence-electron chi connectivity index (χ0n) is 25.0. The van der Waals surface area contributed by atoms with Crippen molar-refractivity contribution in [3.05, 3.63) is 107 Å². The molecule has 3 heterocycles. The van der Waals surface area contributed by atoms with E-state index in [1.165, 1.54) is 0 Å². The Morgan fingerprint density at radius 2 is 1.78 bits per heavy atom. The Bertz CT molecular complexity index is 1920. The fourth-order valence-electron chi connectivity index (χ4n) is 5.60. The smallest absolute Gasteiger partial charge is 0.228 e. The number of rotatable bonds is 10. The molecule has 9 nitrogen and oxygen atoms in total. The van der Waals surface area contributed by atoms with Crippen LogP contribution in [0.25, 0.3) is 22.0 Å². The molecule has 45 heavy (non-hydrogen) atoms. The lowest BCUT2D eigenvalue weighted by Crippen LogP contribution is -2.46. The van der Waals surface area contributed by atoms with Crippen LogP contribution in [0.2, 0.25) is 5.02 Å². The molecule has 1 saturated heterocycles. The number of fused-ring (bicyclic) bond motifs is 1. The van der Waals surface area contributed by atoms with Gasteiger partial charge in [-0.1, -0.05) is 54.1 Å². The van der Waals surface area contributed by atoms with Crippen molar-refractivity contribution in [2.45, 2.75) is 37.0 Å². The molecule has 0 bridgehead atoms. The third kappa shape index (κ3) is 7.42. The van der Waals surface area contributed by atoms with Crippen molar-refractivity contribution in [3.63, 3.8) is 0 Å². The van der Waals surface area contributed by atoms with Gasteiger partial charge in [0, 0.05) is 49.0 Å². The van der Waals surface area contributed by atoms with Gasteiger partial charge in [-0.25, -0.2) is 23.4 Å². The number of nitrogens with one attached hydrogen (secondary N) is 2. The summed E-state index contributed by atoms with van der Waals surface area (Å²) in [6.45, 7) is 3.57. The van der Waals surface area contributed by atoms with Crippen molar-refractivity contribution < 1.29 is 17.9 Å². The lowest BCUT2D eigenvalue weighted by molar-refractivity contribution is 0.0770. The molecule has 0 unspecified atom stereocenters. The topological polar surface area (TPSA) is 115 Å². The zero-order chi connectivity index (χ0) is 31.4. The van der Waals surface area contributed by atoms with E-state index < -0.39 is 9.84 Å². The van der Waals surface area contributed by atoms with Gasteiger partial charge in [0.25, 0.3) is 0 Å². The number of nitrogens with zero attached hydrogens (tertiary/aromatic N) is 3. The van der Waals surface area contributed by atoms with E-state index >= 15 is 0 Å². The van der Waals surface area contributed by atoms with Crippen LogP contribution in [0, 0.1) is 6.92 Å². The number of aromatic nitrogens is 3. The molecule has 3 aromatic carbocycles. The minimum Gasteiger partial charge on any atom is -0.437 e.